The standard InChI is InChI=1S/C25H27NO4/c1-28-20-12-19(13-21(14-20)29-2)26-24(18-10-4-3-5-11-18)25(27)23-16-30-15-22(23)17-8-6-7-9-17/h3-5,10-17,24,26H,6-9H2,1-2H3. The van der Waals surface area contributed by atoms with Crippen molar-refractivity contribution in [3.63, 3.8) is 0 Å². The Kier molecular flexibility index (Phi) is 6.07. The first-order chi connectivity index (χ1) is 14.7. The van der Waals surface area contributed by atoms with Crippen LogP contribution in [0.4, 0.5) is 5.69 Å². The molecule has 5 heteroatoms. The molecule has 0 saturated heterocycles. The van der Waals surface area contributed by atoms with Gasteiger partial charge >= 0.3 is 0 Å². The number of hydrogen-bond acceptors (Lipinski definition) is 5. The Balaban J connectivity index is 1.70. The summed E-state index contributed by atoms with van der Waals surface area (Å²) in [6.07, 6.45) is 7.97. The summed E-state index contributed by atoms with van der Waals surface area (Å²) < 4.78 is 16.3. The molecule has 2 aromatic carbocycles. The van der Waals surface area contributed by atoms with Crippen LogP contribution < -0.4 is 14.8 Å². The number of anilines is 1. The van der Waals surface area contributed by atoms with Crippen molar-refractivity contribution < 1.29 is 18.7 Å². The van der Waals surface area contributed by atoms with E-state index in [0.29, 0.717) is 23.0 Å². The Morgan fingerprint density at radius 2 is 1.67 bits per heavy atom. The smallest absolute Gasteiger partial charge is 0.193 e. The molecule has 0 aliphatic heterocycles. The molecule has 30 heavy (non-hydrogen) atoms. The van der Waals surface area contributed by atoms with Crippen molar-refractivity contribution in [1.29, 1.82) is 0 Å². The number of carbonyl (C=O) groups is 1. The summed E-state index contributed by atoms with van der Waals surface area (Å²) in [7, 11) is 3.22. The van der Waals surface area contributed by atoms with Crippen LogP contribution in [0.25, 0.3) is 0 Å². The molecule has 1 aliphatic carbocycles. The average Bonchev–Trinajstić information content (AvgIpc) is 3.49. The third-order valence-corrected chi connectivity index (χ3v) is 5.81. The Labute approximate surface area is 177 Å². The van der Waals surface area contributed by atoms with Gasteiger partial charge in [0.2, 0.25) is 0 Å². The predicted octanol–water partition coefficient (Wildman–Crippen LogP) is 5.99. The monoisotopic (exact) mass is 405 g/mol. The third-order valence-electron chi connectivity index (χ3n) is 5.81. The van der Waals surface area contributed by atoms with Gasteiger partial charge in [-0.3, -0.25) is 4.79 Å². The minimum absolute atomic E-state index is 0.00126. The van der Waals surface area contributed by atoms with Gasteiger partial charge in [-0.15, -0.1) is 0 Å². The first-order valence-corrected chi connectivity index (χ1v) is 10.3. The molecule has 1 heterocycles. The van der Waals surface area contributed by atoms with Crippen LogP contribution in [0.3, 0.4) is 0 Å². The zero-order valence-corrected chi connectivity index (χ0v) is 17.4. The van der Waals surface area contributed by atoms with Crippen LogP contribution in [0.5, 0.6) is 11.5 Å². The van der Waals surface area contributed by atoms with E-state index < -0.39 is 6.04 Å². The number of ether oxygens (including phenoxy) is 2. The number of benzene rings is 2. The van der Waals surface area contributed by atoms with Crippen molar-refractivity contribution in [3.05, 3.63) is 77.7 Å². The molecular weight excluding hydrogens is 378 g/mol. The van der Waals surface area contributed by atoms with Crippen molar-refractivity contribution in [2.24, 2.45) is 0 Å². The number of carbonyl (C=O) groups excluding carboxylic acids is 1. The molecule has 1 atom stereocenters. The van der Waals surface area contributed by atoms with Crippen molar-refractivity contribution in [2.75, 3.05) is 19.5 Å². The van der Waals surface area contributed by atoms with Crippen LogP contribution in [-0.4, -0.2) is 20.0 Å². The molecule has 1 N–H and O–H groups in total. The quantitative estimate of drug-likeness (QED) is 0.466. The van der Waals surface area contributed by atoms with Crippen LogP contribution in [0.1, 0.15) is 59.1 Å². The van der Waals surface area contributed by atoms with E-state index in [1.807, 2.05) is 42.5 Å². The van der Waals surface area contributed by atoms with E-state index in [9.17, 15) is 4.79 Å². The lowest BCUT2D eigenvalue weighted by Crippen LogP contribution is -2.22. The van der Waals surface area contributed by atoms with E-state index in [-0.39, 0.29) is 5.78 Å². The van der Waals surface area contributed by atoms with Gasteiger partial charge in [-0.1, -0.05) is 43.2 Å². The summed E-state index contributed by atoms with van der Waals surface area (Å²) in [6.45, 7) is 0. The minimum Gasteiger partial charge on any atom is -0.497 e. The summed E-state index contributed by atoms with van der Waals surface area (Å²) in [5.74, 6) is 1.71. The molecule has 1 aliphatic rings. The minimum atomic E-state index is -0.555. The molecule has 1 unspecified atom stereocenters. The molecule has 0 amide bonds. The van der Waals surface area contributed by atoms with Crippen LogP contribution in [0.2, 0.25) is 0 Å². The van der Waals surface area contributed by atoms with Gasteiger partial charge in [-0.25, -0.2) is 0 Å². The van der Waals surface area contributed by atoms with Crippen molar-refractivity contribution in [3.8, 4) is 11.5 Å². The van der Waals surface area contributed by atoms with Gasteiger partial charge in [-0.2, -0.15) is 0 Å². The largest absolute Gasteiger partial charge is 0.497 e. The van der Waals surface area contributed by atoms with E-state index in [0.717, 1.165) is 29.7 Å². The van der Waals surface area contributed by atoms with Gasteiger partial charge in [0.1, 0.15) is 23.8 Å². The second kappa shape index (κ2) is 9.08. The average molecular weight is 405 g/mol. The maximum Gasteiger partial charge on any atom is 0.193 e. The molecular formula is C25H27NO4. The molecule has 1 fully saturated rings. The maximum absolute atomic E-state index is 13.7. The zero-order chi connectivity index (χ0) is 20.9. The number of hydrogen-bond donors (Lipinski definition) is 1. The molecule has 0 radical (unpaired) electrons. The highest BCUT2D eigenvalue weighted by Gasteiger charge is 2.29. The van der Waals surface area contributed by atoms with Gasteiger partial charge < -0.3 is 19.2 Å². The Bertz CT molecular complexity index is 967. The molecule has 5 nitrogen and oxygen atoms in total. The first kappa shape index (κ1) is 20.1. The predicted molar refractivity (Wildman–Crippen MR) is 117 cm³/mol. The topological polar surface area (TPSA) is 60.7 Å². The Morgan fingerprint density at radius 3 is 2.30 bits per heavy atom. The highest BCUT2D eigenvalue weighted by molar-refractivity contribution is 6.03. The van der Waals surface area contributed by atoms with Crippen molar-refractivity contribution in [2.45, 2.75) is 37.6 Å². The van der Waals surface area contributed by atoms with E-state index in [1.165, 1.54) is 12.8 Å². The summed E-state index contributed by atoms with van der Waals surface area (Å²) >= 11 is 0. The highest BCUT2D eigenvalue weighted by atomic mass is 16.5. The second-order valence-electron chi connectivity index (χ2n) is 7.68. The van der Waals surface area contributed by atoms with E-state index >= 15 is 0 Å². The van der Waals surface area contributed by atoms with E-state index in [2.05, 4.69) is 5.32 Å². The summed E-state index contributed by atoms with van der Waals surface area (Å²) in [6, 6.07) is 14.7. The molecule has 156 valence electrons. The zero-order valence-electron chi connectivity index (χ0n) is 17.4. The Hall–Kier alpha value is -3.21. The number of ketones is 1. The van der Waals surface area contributed by atoms with Crippen LogP contribution >= 0.6 is 0 Å². The van der Waals surface area contributed by atoms with Gasteiger partial charge in [0.15, 0.2) is 5.78 Å². The number of nitrogens with one attached hydrogen (secondary N) is 1. The summed E-state index contributed by atoms with van der Waals surface area (Å²) in [5, 5.41) is 3.40. The van der Waals surface area contributed by atoms with Gasteiger partial charge in [0.25, 0.3) is 0 Å². The van der Waals surface area contributed by atoms with Crippen LogP contribution in [-0.2, 0) is 0 Å². The van der Waals surface area contributed by atoms with Crippen LogP contribution in [0.15, 0.2) is 65.5 Å². The first-order valence-electron chi connectivity index (χ1n) is 10.3. The molecule has 4 rings (SSSR count). The SMILES string of the molecule is COc1cc(NC(C(=O)c2cocc2C2CCCC2)c2ccccc2)cc(OC)c1. The Morgan fingerprint density at radius 1 is 1.00 bits per heavy atom. The van der Waals surface area contributed by atoms with Gasteiger partial charge in [-0.05, 0) is 24.3 Å². The highest BCUT2D eigenvalue weighted by Crippen LogP contribution is 2.38. The van der Waals surface area contributed by atoms with E-state index in [1.54, 1.807) is 32.8 Å². The van der Waals surface area contributed by atoms with Gasteiger partial charge in [0, 0.05) is 29.4 Å². The lowest BCUT2D eigenvalue weighted by atomic mass is 9.90. The number of furan rings is 1. The summed E-state index contributed by atoms with van der Waals surface area (Å²) in [4.78, 5) is 13.7. The summed E-state index contributed by atoms with van der Waals surface area (Å²) in [5.41, 5.74) is 3.34. The lowest BCUT2D eigenvalue weighted by molar-refractivity contribution is 0.0967. The number of methoxy groups -OCH3 is 2. The number of rotatable bonds is 8. The molecule has 1 aromatic heterocycles. The van der Waals surface area contributed by atoms with Crippen LogP contribution in [0, 0.1) is 0 Å². The second-order valence-corrected chi connectivity index (χ2v) is 7.68. The fourth-order valence-corrected chi connectivity index (χ4v) is 4.22. The molecule has 1 saturated carbocycles. The molecule has 0 bridgehead atoms. The van der Waals surface area contributed by atoms with Gasteiger partial charge in [0.05, 0.1) is 26.0 Å². The third kappa shape index (κ3) is 4.20. The number of Topliss-reactive ketones (excluding diaryl/α,β-unsaturated/α-hetero) is 1. The van der Waals surface area contributed by atoms with E-state index in [4.69, 9.17) is 13.9 Å². The van der Waals surface area contributed by atoms with Crippen molar-refractivity contribution >= 4 is 11.5 Å². The molecule has 0 spiro atoms. The fraction of sp³-hybridized carbons (Fsp3) is 0.320. The fourth-order valence-electron chi connectivity index (χ4n) is 4.22. The van der Waals surface area contributed by atoms with Crippen molar-refractivity contribution in [1.82, 2.24) is 0 Å². The maximum atomic E-state index is 13.7. The normalized spacial score (nSPS) is 15.0. The lowest BCUT2D eigenvalue weighted by Gasteiger charge is -2.21. The molecule has 3 aromatic rings.